The second-order valence-electron chi connectivity index (χ2n) is 4.98. The first-order chi connectivity index (χ1) is 8.17. The molecule has 0 spiro atoms. The normalized spacial score (nSPS) is 16.6. The van der Waals surface area contributed by atoms with Crippen LogP contribution in [0.2, 0.25) is 0 Å². The fraction of sp³-hybridized carbons (Fsp3) is 0.692. The van der Waals surface area contributed by atoms with E-state index in [2.05, 4.69) is 22.2 Å². The maximum atomic E-state index is 5.14. The van der Waals surface area contributed by atoms with Crippen LogP contribution >= 0.6 is 0 Å². The third-order valence-corrected chi connectivity index (χ3v) is 3.40. The lowest BCUT2D eigenvalue weighted by atomic mass is 10.0. The summed E-state index contributed by atoms with van der Waals surface area (Å²) < 4.78 is 5.14. The molecular weight excluding hydrogens is 214 g/mol. The van der Waals surface area contributed by atoms with Gasteiger partial charge in [0.1, 0.15) is 0 Å². The maximum Gasteiger partial charge on any atom is 0.226 e. The highest BCUT2D eigenvalue weighted by Crippen LogP contribution is 2.49. The molecule has 0 saturated heterocycles. The molecule has 94 valence electrons. The molecule has 1 aliphatic rings. The number of hydrogen-bond acceptors (Lipinski definition) is 4. The fourth-order valence-electron chi connectivity index (χ4n) is 2.21. The molecular formula is C13H21N3O. The van der Waals surface area contributed by atoms with Gasteiger partial charge in [-0.2, -0.15) is 4.98 Å². The zero-order valence-electron chi connectivity index (χ0n) is 10.9. The second-order valence-corrected chi connectivity index (χ2v) is 4.98. The summed E-state index contributed by atoms with van der Waals surface area (Å²) in [6, 6.07) is 1.84. The predicted molar refractivity (Wildman–Crippen MR) is 68.4 cm³/mol. The van der Waals surface area contributed by atoms with Crippen molar-refractivity contribution in [3.63, 3.8) is 0 Å². The van der Waals surface area contributed by atoms with Gasteiger partial charge in [-0.1, -0.05) is 13.3 Å². The van der Waals surface area contributed by atoms with Crippen LogP contribution in [0, 0.1) is 12.3 Å². The second kappa shape index (κ2) is 4.90. The predicted octanol–water partition coefficient (Wildman–Crippen LogP) is 2.79. The van der Waals surface area contributed by atoms with Crippen LogP contribution in [-0.2, 0) is 0 Å². The molecule has 1 fully saturated rings. The van der Waals surface area contributed by atoms with Gasteiger partial charge in [0.2, 0.25) is 11.8 Å². The average molecular weight is 235 g/mol. The number of hydrogen-bond donors (Lipinski definition) is 1. The molecule has 1 aromatic heterocycles. The van der Waals surface area contributed by atoms with Crippen molar-refractivity contribution in [1.29, 1.82) is 0 Å². The Labute approximate surface area is 103 Å². The molecule has 17 heavy (non-hydrogen) atoms. The Morgan fingerprint density at radius 2 is 2.18 bits per heavy atom. The number of nitrogens with zero attached hydrogens (tertiary/aromatic N) is 2. The molecule has 0 atom stereocenters. The minimum absolute atomic E-state index is 0.509. The van der Waals surface area contributed by atoms with Gasteiger partial charge in [0.05, 0.1) is 7.11 Å². The summed E-state index contributed by atoms with van der Waals surface area (Å²) in [6.45, 7) is 5.17. The summed E-state index contributed by atoms with van der Waals surface area (Å²) in [5.74, 6) is 1.31. The van der Waals surface area contributed by atoms with Crippen molar-refractivity contribution in [3.8, 4) is 5.88 Å². The minimum Gasteiger partial charge on any atom is -0.481 e. The van der Waals surface area contributed by atoms with E-state index >= 15 is 0 Å². The van der Waals surface area contributed by atoms with Crippen LogP contribution in [0.4, 0.5) is 5.95 Å². The molecule has 1 N–H and O–H groups in total. The van der Waals surface area contributed by atoms with Crippen LogP contribution < -0.4 is 10.1 Å². The molecule has 0 aromatic carbocycles. The van der Waals surface area contributed by atoms with E-state index in [1.54, 1.807) is 7.11 Å². The van der Waals surface area contributed by atoms with Crippen molar-refractivity contribution in [2.75, 3.05) is 19.0 Å². The van der Waals surface area contributed by atoms with Gasteiger partial charge in [0, 0.05) is 18.3 Å². The average Bonchev–Trinajstić information content (AvgIpc) is 3.07. The highest BCUT2D eigenvalue weighted by atomic mass is 16.5. The van der Waals surface area contributed by atoms with E-state index in [4.69, 9.17) is 4.74 Å². The molecule has 1 aromatic rings. The van der Waals surface area contributed by atoms with Crippen molar-refractivity contribution in [2.24, 2.45) is 5.41 Å². The molecule has 0 amide bonds. The smallest absolute Gasteiger partial charge is 0.226 e. The van der Waals surface area contributed by atoms with Crippen LogP contribution in [0.25, 0.3) is 0 Å². The summed E-state index contributed by atoms with van der Waals surface area (Å²) in [7, 11) is 1.63. The van der Waals surface area contributed by atoms with Gasteiger partial charge >= 0.3 is 0 Å². The quantitative estimate of drug-likeness (QED) is 0.823. The standard InChI is InChI=1S/C13H21N3O/c1-4-5-13(6-7-13)9-14-12-15-10(2)8-11(16-12)17-3/h8H,4-7,9H2,1-3H3,(H,14,15,16). The Morgan fingerprint density at radius 3 is 2.76 bits per heavy atom. The topological polar surface area (TPSA) is 47.0 Å². The van der Waals surface area contributed by atoms with Crippen molar-refractivity contribution >= 4 is 5.95 Å². The Kier molecular flexibility index (Phi) is 3.50. The minimum atomic E-state index is 0.509. The van der Waals surface area contributed by atoms with Gasteiger partial charge in [-0.05, 0) is 31.6 Å². The monoisotopic (exact) mass is 235 g/mol. The molecule has 0 aliphatic heterocycles. The number of rotatable bonds is 6. The van der Waals surface area contributed by atoms with Gasteiger partial charge in [-0.25, -0.2) is 4.98 Å². The van der Waals surface area contributed by atoms with Crippen LogP contribution in [0.15, 0.2) is 6.07 Å². The largest absolute Gasteiger partial charge is 0.481 e. The highest BCUT2D eigenvalue weighted by Gasteiger charge is 2.41. The summed E-state index contributed by atoms with van der Waals surface area (Å²) in [5, 5.41) is 3.35. The summed E-state index contributed by atoms with van der Waals surface area (Å²) >= 11 is 0. The van der Waals surface area contributed by atoms with E-state index in [0.717, 1.165) is 12.2 Å². The Morgan fingerprint density at radius 1 is 1.41 bits per heavy atom. The molecule has 0 unspecified atom stereocenters. The lowest BCUT2D eigenvalue weighted by Gasteiger charge is -2.15. The third-order valence-electron chi connectivity index (χ3n) is 3.40. The summed E-state index contributed by atoms with van der Waals surface area (Å²) in [5.41, 5.74) is 1.44. The van der Waals surface area contributed by atoms with Gasteiger partial charge in [0.25, 0.3) is 0 Å². The van der Waals surface area contributed by atoms with Gasteiger partial charge < -0.3 is 10.1 Å². The zero-order valence-corrected chi connectivity index (χ0v) is 10.9. The number of aryl methyl sites for hydroxylation is 1. The number of anilines is 1. The molecule has 0 bridgehead atoms. The third kappa shape index (κ3) is 3.08. The van der Waals surface area contributed by atoms with E-state index < -0.39 is 0 Å². The Hall–Kier alpha value is -1.32. The van der Waals surface area contributed by atoms with Crippen LogP contribution in [0.1, 0.15) is 38.3 Å². The maximum absolute atomic E-state index is 5.14. The molecule has 1 heterocycles. The zero-order chi connectivity index (χ0) is 12.3. The first kappa shape index (κ1) is 12.1. The van der Waals surface area contributed by atoms with Gasteiger partial charge in [0.15, 0.2) is 0 Å². The van der Waals surface area contributed by atoms with Crippen LogP contribution in [0.5, 0.6) is 5.88 Å². The number of nitrogens with one attached hydrogen (secondary N) is 1. The fourth-order valence-corrected chi connectivity index (χ4v) is 2.21. The van der Waals surface area contributed by atoms with Crippen LogP contribution in [-0.4, -0.2) is 23.6 Å². The van der Waals surface area contributed by atoms with Gasteiger partial charge in [-0.15, -0.1) is 0 Å². The first-order valence-electron chi connectivity index (χ1n) is 6.31. The Balaban J connectivity index is 1.97. The lowest BCUT2D eigenvalue weighted by molar-refractivity contribution is 0.396. The molecule has 2 rings (SSSR count). The number of methoxy groups -OCH3 is 1. The van der Waals surface area contributed by atoms with E-state index in [-0.39, 0.29) is 0 Å². The van der Waals surface area contributed by atoms with E-state index in [1.165, 1.54) is 25.7 Å². The van der Waals surface area contributed by atoms with E-state index in [9.17, 15) is 0 Å². The number of ether oxygens (including phenoxy) is 1. The van der Waals surface area contributed by atoms with Crippen molar-refractivity contribution in [3.05, 3.63) is 11.8 Å². The number of aromatic nitrogens is 2. The molecule has 1 aliphatic carbocycles. The molecule has 0 radical (unpaired) electrons. The molecule has 4 nitrogen and oxygen atoms in total. The highest BCUT2D eigenvalue weighted by molar-refractivity contribution is 5.31. The van der Waals surface area contributed by atoms with Crippen molar-refractivity contribution in [1.82, 2.24) is 9.97 Å². The molecule has 1 saturated carbocycles. The van der Waals surface area contributed by atoms with E-state index in [1.807, 2.05) is 13.0 Å². The Bertz CT molecular complexity index is 388. The van der Waals surface area contributed by atoms with Gasteiger partial charge in [-0.3, -0.25) is 0 Å². The summed E-state index contributed by atoms with van der Waals surface area (Å²) in [6.07, 6.45) is 5.20. The van der Waals surface area contributed by atoms with Crippen molar-refractivity contribution in [2.45, 2.75) is 39.5 Å². The van der Waals surface area contributed by atoms with Crippen molar-refractivity contribution < 1.29 is 4.74 Å². The first-order valence-corrected chi connectivity index (χ1v) is 6.31. The molecule has 4 heteroatoms. The SMILES string of the molecule is CCCC1(CNc2nc(C)cc(OC)n2)CC1. The van der Waals surface area contributed by atoms with Crippen LogP contribution in [0.3, 0.4) is 0 Å². The van der Waals surface area contributed by atoms with E-state index in [0.29, 0.717) is 17.2 Å². The summed E-state index contributed by atoms with van der Waals surface area (Å²) in [4.78, 5) is 8.67. The lowest BCUT2D eigenvalue weighted by Crippen LogP contribution is -2.17.